The Hall–Kier alpha value is -3.27. The highest BCUT2D eigenvalue weighted by Crippen LogP contribution is 2.34. The van der Waals surface area contributed by atoms with Gasteiger partial charge >= 0.3 is 0 Å². The van der Waals surface area contributed by atoms with Crippen LogP contribution in [0.4, 0.5) is 0 Å². The van der Waals surface area contributed by atoms with Gasteiger partial charge < -0.3 is 14.2 Å². The van der Waals surface area contributed by atoms with E-state index in [-0.39, 0.29) is 5.78 Å². The van der Waals surface area contributed by atoms with Gasteiger partial charge in [0.2, 0.25) is 0 Å². The molecule has 0 atom stereocenters. The summed E-state index contributed by atoms with van der Waals surface area (Å²) in [4.78, 5) is 12.8. The van der Waals surface area contributed by atoms with Gasteiger partial charge in [0.1, 0.15) is 22.8 Å². The Labute approximate surface area is 152 Å². The van der Waals surface area contributed by atoms with Crippen LogP contribution in [0, 0.1) is 0 Å². The van der Waals surface area contributed by atoms with Crippen molar-refractivity contribution >= 4 is 22.6 Å². The summed E-state index contributed by atoms with van der Waals surface area (Å²) in [5.74, 6) is 1.19. The summed E-state index contributed by atoms with van der Waals surface area (Å²) in [6, 6.07) is 17.4. The van der Waals surface area contributed by atoms with Crippen molar-refractivity contribution < 1.29 is 19.0 Å². The summed E-state index contributed by atoms with van der Waals surface area (Å²) in [7, 11) is 4.58. The molecule has 3 aromatic carbocycles. The number of benzene rings is 3. The van der Waals surface area contributed by atoms with Crippen LogP contribution in [0.15, 0.2) is 60.7 Å². The first kappa shape index (κ1) is 17.5. The summed E-state index contributed by atoms with van der Waals surface area (Å²) in [6.07, 6.45) is 3.35. The molecular weight excluding hydrogens is 328 g/mol. The zero-order chi connectivity index (χ0) is 18.5. The number of allylic oxidation sites excluding steroid dienone is 1. The molecule has 4 heteroatoms. The van der Waals surface area contributed by atoms with Gasteiger partial charge in [-0.25, -0.2) is 0 Å². The Balaban J connectivity index is 2.01. The predicted octanol–water partition coefficient (Wildman–Crippen LogP) is 4.76. The predicted molar refractivity (Wildman–Crippen MR) is 103 cm³/mol. The van der Waals surface area contributed by atoms with E-state index in [0.29, 0.717) is 22.8 Å². The van der Waals surface area contributed by atoms with Crippen LogP contribution in [0.2, 0.25) is 0 Å². The first-order chi connectivity index (χ1) is 12.7. The summed E-state index contributed by atoms with van der Waals surface area (Å²) in [6.45, 7) is 0. The number of carbonyl (C=O) groups excluding carboxylic acids is 1. The SMILES string of the molecule is COc1cc(OC)c(C(=O)/C=C/c2cccc3ccccc23)c(OC)c1. The number of ketones is 1. The highest BCUT2D eigenvalue weighted by Gasteiger charge is 2.18. The number of rotatable bonds is 6. The number of hydrogen-bond acceptors (Lipinski definition) is 4. The molecule has 0 fully saturated rings. The van der Waals surface area contributed by atoms with Crippen LogP contribution in [0.25, 0.3) is 16.8 Å². The van der Waals surface area contributed by atoms with Gasteiger partial charge in [-0.1, -0.05) is 48.5 Å². The molecular formula is C22H20O4. The van der Waals surface area contributed by atoms with Crippen molar-refractivity contribution in [2.24, 2.45) is 0 Å². The zero-order valence-corrected chi connectivity index (χ0v) is 15.0. The lowest BCUT2D eigenvalue weighted by molar-refractivity contribution is 0.104. The number of hydrogen-bond donors (Lipinski definition) is 0. The van der Waals surface area contributed by atoms with Gasteiger partial charge in [-0.3, -0.25) is 4.79 Å². The molecule has 132 valence electrons. The fraction of sp³-hybridized carbons (Fsp3) is 0.136. The summed E-state index contributed by atoms with van der Waals surface area (Å²) in [5.41, 5.74) is 1.34. The maximum absolute atomic E-state index is 12.8. The van der Waals surface area contributed by atoms with E-state index in [1.807, 2.05) is 48.5 Å². The van der Waals surface area contributed by atoms with E-state index >= 15 is 0 Å². The summed E-state index contributed by atoms with van der Waals surface area (Å²) in [5, 5.41) is 2.22. The Bertz CT molecular complexity index is 943. The van der Waals surface area contributed by atoms with Crippen LogP contribution in [-0.2, 0) is 0 Å². The van der Waals surface area contributed by atoms with Crippen LogP contribution < -0.4 is 14.2 Å². The molecule has 0 saturated heterocycles. The van der Waals surface area contributed by atoms with E-state index in [9.17, 15) is 4.79 Å². The molecule has 0 amide bonds. The standard InChI is InChI=1S/C22H20O4/c1-24-17-13-20(25-2)22(21(14-17)26-3)19(23)12-11-16-9-6-8-15-7-4-5-10-18(15)16/h4-14H,1-3H3/b12-11+. The van der Waals surface area contributed by atoms with E-state index in [1.54, 1.807) is 19.2 Å². The molecule has 26 heavy (non-hydrogen) atoms. The maximum atomic E-state index is 12.8. The fourth-order valence-electron chi connectivity index (χ4n) is 2.89. The van der Waals surface area contributed by atoms with Gasteiger partial charge in [0.05, 0.1) is 21.3 Å². The average molecular weight is 348 g/mol. The Morgan fingerprint density at radius 3 is 2.15 bits per heavy atom. The Kier molecular flexibility index (Phi) is 5.23. The highest BCUT2D eigenvalue weighted by atomic mass is 16.5. The molecule has 0 heterocycles. The van der Waals surface area contributed by atoms with E-state index in [1.165, 1.54) is 20.3 Å². The van der Waals surface area contributed by atoms with Crippen molar-refractivity contribution in [2.75, 3.05) is 21.3 Å². The van der Waals surface area contributed by atoms with Crippen molar-refractivity contribution in [2.45, 2.75) is 0 Å². The monoisotopic (exact) mass is 348 g/mol. The van der Waals surface area contributed by atoms with Crippen molar-refractivity contribution in [3.05, 3.63) is 71.8 Å². The quantitative estimate of drug-likeness (QED) is 0.476. The fourth-order valence-corrected chi connectivity index (χ4v) is 2.89. The van der Waals surface area contributed by atoms with Crippen molar-refractivity contribution in [3.8, 4) is 17.2 Å². The zero-order valence-electron chi connectivity index (χ0n) is 15.0. The van der Waals surface area contributed by atoms with Crippen molar-refractivity contribution in [1.29, 1.82) is 0 Å². The first-order valence-electron chi connectivity index (χ1n) is 8.18. The minimum Gasteiger partial charge on any atom is -0.496 e. The molecule has 0 saturated carbocycles. The van der Waals surface area contributed by atoms with Gasteiger partial charge in [0.15, 0.2) is 5.78 Å². The topological polar surface area (TPSA) is 44.8 Å². The van der Waals surface area contributed by atoms with Crippen LogP contribution in [-0.4, -0.2) is 27.1 Å². The summed E-state index contributed by atoms with van der Waals surface area (Å²) >= 11 is 0. The smallest absolute Gasteiger partial charge is 0.193 e. The van der Waals surface area contributed by atoms with Crippen LogP contribution >= 0.6 is 0 Å². The Morgan fingerprint density at radius 2 is 1.50 bits per heavy atom. The number of carbonyl (C=O) groups is 1. The molecule has 3 rings (SSSR count). The van der Waals surface area contributed by atoms with E-state index in [2.05, 4.69) is 0 Å². The van der Waals surface area contributed by atoms with Gasteiger partial charge in [-0.2, -0.15) is 0 Å². The minimum atomic E-state index is -0.200. The molecule has 0 bridgehead atoms. The van der Waals surface area contributed by atoms with Gasteiger partial charge in [-0.05, 0) is 22.4 Å². The molecule has 0 aliphatic carbocycles. The molecule has 0 aliphatic heterocycles. The molecule has 3 aromatic rings. The lowest BCUT2D eigenvalue weighted by atomic mass is 10.0. The third-order valence-electron chi connectivity index (χ3n) is 4.20. The van der Waals surface area contributed by atoms with Crippen LogP contribution in [0.1, 0.15) is 15.9 Å². The Morgan fingerprint density at radius 1 is 0.846 bits per heavy atom. The van der Waals surface area contributed by atoms with Crippen molar-refractivity contribution in [3.63, 3.8) is 0 Å². The number of methoxy groups -OCH3 is 3. The number of ether oxygens (including phenoxy) is 3. The lowest BCUT2D eigenvalue weighted by Gasteiger charge is -2.13. The molecule has 0 aromatic heterocycles. The largest absolute Gasteiger partial charge is 0.496 e. The second-order valence-electron chi connectivity index (χ2n) is 5.67. The molecule has 0 N–H and O–H groups in total. The maximum Gasteiger partial charge on any atom is 0.193 e. The van der Waals surface area contributed by atoms with E-state index < -0.39 is 0 Å². The molecule has 0 radical (unpaired) electrons. The molecule has 0 spiro atoms. The second kappa shape index (κ2) is 7.74. The third kappa shape index (κ3) is 3.40. The average Bonchev–Trinajstić information content (AvgIpc) is 2.70. The summed E-state index contributed by atoms with van der Waals surface area (Å²) < 4.78 is 15.9. The van der Waals surface area contributed by atoms with Crippen molar-refractivity contribution in [1.82, 2.24) is 0 Å². The van der Waals surface area contributed by atoms with Gasteiger partial charge in [-0.15, -0.1) is 0 Å². The van der Waals surface area contributed by atoms with Crippen LogP contribution in [0.5, 0.6) is 17.2 Å². The lowest BCUT2D eigenvalue weighted by Crippen LogP contribution is -2.03. The molecule has 0 unspecified atom stereocenters. The minimum absolute atomic E-state index is 0.200. The normalized spacial score (nSPS) is 10.9. The van der Waals surface area contributed by atoms with E-state index in [4.69, 9.17) is 14.2 Å². The molecule has 0 aliphatic rings. The van der Waals surface area contributed by atoms with Crippen LogP contribution in [0.3, 0.4) is 0 Å². The van der Waals surface area contributed by atoms with E-state index in [0.717, 1.165) is 16.3 Å². The molecule has 4 nitrogen and oxygen atoms in total. The van der Waals surface area contributed by atoms with Gasteiger partial charge in [0.25, 0.3) is 0 Å². The number of fused-ring (bicyclic) bond motifs is 1. The third-order valence-corrected chi connectivity index (χ3v) is 4.20. The van der Waals surface area contributed by atoms with Gasteiger partial charge in [0, 0.05) is 12.1 Å². The highest BCUT2D eigenvalue weighted by molar-refractivity contribution is 6.11. The first-order valence-corrected chi connectivity index (χ1v) is 8.18. The second-order valence-corrected chi connectivity index (χ2v) is 5.67.